The van der Waals surface area contributed by atoms with E-state index in [9.17, 15) is 9.59 Å². The highest BCUT2D eigenvalue weighted by Gasteiger charge is 2.23. The van der Waals surface area contributed by atoms with Crippen molar-refractivity contribution in [3.8, 4) is 5.75 Å². The first-order chi connectivity index (χ1) is 11.5. The maximum Gasteiger partial charge on any atom is 0.265 e. The number of rotatable bonds is 3. The van der Waals surface area contributed by atoms with Gasteiger partial charge in [0.15, 0.2) is 6.10 Å². The monoisotopic (exact) mass is 386 g/mol. The molecule has 1 aliphatic rings. The topological polar surface area (TPSA) is 67.4 Å². The maximum atomic E-state index is 12.0. The summed E-state index contributed by atoms with van der Waals surface area (Å²) in [5.41, 5.74) is 2.03. The van der Waals surface area contributed by atoms with Crippen LogP contribution < -0.4 is 15.4 Å². The van der Waals surface area contributed by atoms with E-state index in [-0.39, 0.29) is 11.8 Å². The minimum absolute atomic E-state index is 0.209. The van der Waals surface area contributed by atoms with Gasteiger partial charge in [-0.25, -0.2) is 0 Å². The van der Waals surface area contributed by atoms with Crippen LogP contribution in [0.25, 0.3) is 6.08 Å². The lowest BCUT2D eigenvalue weighted by Crippen LogP contribution is -2.34. The Morgan fingerprint density at radius 2 is 2.08 bits per heavy atom. The molecular weight excluding hydrogens is 372 g/mol. The highest BCUT2D eigenvalue weighted by molar-refractivity contribution is 9.10. The minimum Gasteiger partial charge on any atom is -0.479 e. The molecule has 0 aliphatic carbocycles. The van der Waals surface area contributed by atoms with Crippen LogP contribution >= 0.6 is 15.9 Å². The quantitative estimate of drug-likeness (QED) is 0.787. The van der Waals surface area contributed by atoms with Gasteiger partial charge in [-0.1, -0.05) is 34.1 Å². The van der Waals surface area contributed by atoms with Crippen LogP contribution in [0.15, 0.2) is 53.0 Å². The highest BCUT2D eigenvalue weighted by Crippen LogP contribution is 2.32. The van der Waals surface area contributed by atoms with Crippen molar-refractivity contribution in [2.45, 2.75) is 13.0 Å². The molecule has 0 spiro atoms. The second-order valence-electron chi connectivity index (χ2n) is 5.30. The van der Waals surface area contributed by atoms with E-state index in [1.54, 1.807) is 31.2 Å². The van der Waals surface area contributed by atoms with Crippen LogP contribution in [0.1, 0.15) is 12.5 Å². The number of nitrogens with one attached hydrogen (secondary N) is 2. The lowest BCUT2D eigenvalue weighted by atomic mass is 10.2. The number of anilines is 2. The van der Waals surface area contributed by atoms with Crippen LogP contribution in [0.2, 0.25) is 0 Å². The SMILES string of the molecule is C[C@@H]1Oc2ccc(NC(=O)/C=C/c3ccccc3Br)cc2NC1=O. The van der Waals surface area contributed by atoms with Crippen molar-refractivity contribution in [2.24, 2.45) is 0 Å². The molecule has 5 nitrogen and oxygen atoms in total. The number of carbonyl (C=O) groups excluding carboxylic acids is 2. The van der Waals surface area contributed by atoms with Crippen molar-refractivity contribution in [1.82, 2.24) is 0 Å². The molecule has 6 heteroatoms. The molecular formula is C18H15BrN2O3. The molecule has 0 fully saturated rings. The smallest absolute Gasteiger partial charge is 0.265 e. The first kappa shape index (κ1) is 16.3. The van der Waals surface area contributed by atoms with E-state index >= 15 is 0 Å². The Morgan fingerprint density at radius 3 is 2.88 bits per heavy atom. The van der Waals surface area contributed by atoms with E-state index < -0.39 is 6.10 Å². The third kappa shape index (κ3) is 3.65. The molecule has 3 rings (SSSR count). The molecule has 0 saturated carbocycles. The highest BCUT2D eigenvalue weighted by atomic mass is 79.9. The summed E-state index contributed by atoms with van der Waals surface area (Å²) in [5, 5.41) is 5.51. The van der Waals surface area contributed by atoms with Crippen molar-refractivity contribution in [1.29, 1.82) is 0 Å². The molecule has 0 radical (unpaired) electrons. The fourth-order valence-electron chi connectivity index (χ4n) is 2.25. The Hall–Kier alpha value is -2.60. The summed E-state index contributed by atoms with van der Waals surface area (Å²) in [7, 11) is 0. The van der Waals surface area contributed by atoms with Crippen molar-refractivity contribution in [3.05, 3.63) is 58.6 Å². The Morgan fingerprint density at radius 1 is 1.29 bits per heavy atom. The maximum absolute atomic E-state index is 12.0. The third-order valence-electron chi connectivity index (χ3n) is 3.50. The van der Waals surface area contributed by atoms with Crippen LogP contribution in [0.3, 0.4) is 0 Å². The number of fused-ring (bicyclic) bond motifs is 1. The molecule has 0 aromatic heterocycles. The van der Waals surface area contributed by atoms with E-state index in [1.807, 2.05) is 24.3 Å². The minimum atomic E-state index is -0.523. The fourth-order valence-corrected chi connectivity index (χ4v) is 2.66. The average molecular weight is 387 g/mol. The van der Waals surface area contributed by atoms with Gasteiger partial charge in [0, 0.05) is 16.2 Å². The van der Waals surface area contributed by atoms with Crippen molar-refractivity contribution in [3.63, 3.8) is 0 Å². The zero-order valence-electron chi connectivity index (χ0n) is 12.9. The zero-order chi connectivity index (χ0) is 17.1. The summed E-state index contributed by atoms with van der Waals surface area (Å²) in [4.78, 5) is 23.7. The van der Waals surface area contributed by atoms with E-state index in [0.717, 1.165) is 10.0 Å². The van der Waals surface area contributed by atoms with E-state index in [1.165, 1.54) is 6.08 Å². The van der Waals surface area contributed by atoms with E-state index in [0.29, 0.717) is 17.1 Å². The van der Waals surface area contributed by atoms with Crippen molar-refractivity contribution in [2.75, 3.05) is 10.6 Å². The van der Waals surface area contributed by atoms with Crippen LogP contribution in [-0.2, 0) is 9.59 Å². The number of amides is 2. The summed E-state index contributed by atoms with van der Waals surface area (Å²) in [5.74, 6) is 0.116. The van der Waals surface area contributed by atoms with E-state index in [2.05, 4.69) is 26.6 Å². The lowest BCUT2D eigenvalue weighted by molar-refractivity contribution is -0.122. The number of benzene rings is 2. The van der Waals surface area contributed by atoms with Crippen LogP contribution in [0.4, 0.5) is 11.4 Å². The predicted octanol–water partition coefficient (Wildman–Crippen LogP) is 3.82. The Balaban J connectivity index is 1.70. The Labute approximate surface area is 147 Å². The number of hydrogen-bond donors (Lipinski definition) is 2. The average Bonchev–Trinajstić information content (AvgIpc) is 2.55. The molecule has 24 heavy (non-hydrogen) atoms. The van der Waals surface area contributed by atoms with Crippen molar-refractivity contribution < 1.29 is 14.3 Å². The molecule has 122 valence electrons. The molecule has 2 aromatic rings. The summed E-state index contributed by atoms with van der Waals surface area (Å²) in [6, 6.07) is 12.7. The Kier molecular flexibility index (Phi) is 4.66. The molecule has 2 amide bonds. The summed E-state index contributed by atoms with van der Waals surface area (Å²) in [6.45, 7) is 1.68. The third-order valence-corrected chi connectivity index (χ3v) is 4.22. The molecule has 0 saturated heterocycles. The standard InChI is InChI=1S/C18H15BrN2O3/c1-11-18(23)21-15-10-13(7-8-16(15)24-11)20-17(22)9-6-12-4-2-3-5-14(12)19/h2-11H,1H3,(H,20,22)(H,21,23)/b9-6+/t11-/m0/s1. The lowest BCUT2D eigenvalue weighted by Gasteiger charge is -2.23. The van der Waals surface area contributed by atoms with Gasteiger partial charge in [0.2, 0.25) is 5.91 Å². The van der Waals surface area contributed by atoms with Gasteiger partial charge < -0.3 is 15.4 Å². The second-order valence-corrected chi connectivity index (χ2v) is 6.16. The van der Waals surface area contributed by atoms with Gasteiger partial charge in [-0.05, 0) is 42.8 Å². The van der Waals surface area contributed by atoms with Gasteiger partial charge in [0.05, 0.1) is 5.69 Å². The first-order valence-electron chi connectivity index (χ1n) is 7.38. The number of hydrogen-bond acceptors (Lipinski definition) is 3. The fraction of sp³-hybridized carbons (Fsp3) is 0.111. The second kappa shape index (κ2) is 6.88. The zero-order valence-corrected chi connectivity index (χ0v) is 14.5. The van der Waals surface area contributed by atoms with Gasteiger partial charge in [0.1, 0.15) is 5.75 Å². The van der Waals surface area contributed by atoms with Gasteiger partial charge in [-0.2, -0.15) is 0 Å². The van der Waals surface area contributed by atoms with Crippen molar-refractivity contribution >= 4 is 45.2 Å². The van der Waals surface area contributed by atoms with Crippen LogP contribution in [0.5, 0.6) is 5.75 Å². The largest absolute Gasteiger partial charge is 0.479 e. The molecule has 1 atom stereocenters. The molecule has 2 aromatic carbocycles. The van der Waals surface area contributed by atoms with Crippen LogP contribution in [0, 0.1) is 0 Å². The molecule has 0 unspecified atom stereocenters. The summed E-state index contributed by atoms with van der Waals surface area (Å²) >= 11 is 3.43. The Bertz CT molecular complexity index is 833. The van der Waals surface area contributed by atoms with Gasteiger partial charge in [0.25, 0.3) is 5.91 Å². The van der Waals surface area contributed by atoms with Gasteiger partial charge in [-0.3, -0.25) is 9.59 Å². The van der Waals surface area contributed by atoms with Gasteiger partial charge in [-0.15, -0.1) is 0 Å². The first-order valence-corrected chi connectivity index (χ1v) is 8.17. The van der Waals surface area contributed by atoms with E-state index in [4.69, 9.17) is 4.74 Å². The number of halogens is 1. The summed E-state index contributed by atoms with van der Waals surface area (Å²) in [6.07, 6.45) is 2.66. The molecule has 1 aliphatic heterocycles. The van der Waals surface area contributed by atoms with Gasteiger partial charge >= 0.3 is 0 Å². The summed E-state index contributed by atoms with van der Waals surface area (Å²) < 4.78 is 6.39. The number of ether oxygens (including phenoxy) is 1. The predicted molar refractivity (Wildman–Crippen MR) is 97.0 cm³/mol. The normalized spacial score (nSPS) is 16.2. The molecule has 2 N–H and O–H groups in total. The van der Waals surface area contributed by atoms with Crippen LogP contribution in [-0.4, -0.2) is 17.9 Å². The number of carbonyl (C=O) groups is 2. The molecule has 0 bridgehead atoms. The molecule has 1 heterocycles.